The van der Waals surface area contributed by atoms with Crippen molar-refractivity contribution in [3.63, 3.8) is 0 Å². The second-order valence-corrected chi connectivity index (χ2v) is 11.6. The summed E-state index contributed by atoms with van der Waals surface area (Å²) in [5.41, 5.74) is 13.7. The Morgan fingerprint density at radius 3 is 2.50 bits per heavy atom. The van der Waals surface area contributed by atoms with Crippen molar-refractivity contribution in [1.29, 1.82) is 5.26 Å². The molecule has 1 aliphatic carbocycles. The van der Waals surface area contributed by atoms with Gasteiger partial charge in [-0.05, 0) is 91.4 Å². The van der Waals surface area contributed by atoms with Crippen LogP contribution in [0.4, 0.5) is 5.69 Å². The van der Waals surface area contributed by atoms with E-state index in [1.807, 2.05) is 54.3 Å². The van der Waals surface area contributed by atoms with Gasteiger partial charge in [-0.1, -0.05) is 41.4 Å². The highest BCUT2D eigenvalue weighted by molar-refractivity contribution is 7.98. The van der Waals surface area contributed by atoms with Crippen LogP contribution in [0, 0.1) is 25.2 Å². The van der Waals surface area contributed by atoms with Crippen molar-refractivity contribution in [3.05, 3.63) is 116 Å². The molecular weight excluding hydrogens is 533 g/mol. The van der Waals surface area contributed by atoms with Crippen LogP contribution in [-0.4, -0.2) is 5.78 Å². The van der Waals surface area contributed by atoms with Crippen LogP contribution >= 0.6 is 35.0 Å². The van der Waals surface area contributed by atoms with Crippen molar-refractivity contribution in [2.24, 2.45) is 5.73 Å². The standard InChI is InChI=1S/C31H27Cl2N3OS/c1-18-13-19(2)25(14-20(18)17-38-24-11-9-21(32)10-12-24)29-26(16-34)31(35)36(23-6-3-5-22(33)15-23)27-7-4-8-28(37)30(27)29/h3,5-6,9-15,29H,4,7-8,17,35H2,1-2H3. The lowest BCUT2D eigenvalue weighted by Crippen LogP contribution is -2.38. The molecule has 0 bridgehead atoms. The van der Waals surface area contributed by atoms with Gasteiger partial charge >= 0.3 is 0 Å². The van der Waals surface area contributed by atoms with Crippen molar-refractivity contribution in [3.8, 4) is 6.07 Å². The Morgan fingerprint density at radius 1 is 1.03 bits per heavy atom. The molecule has 3 aromatic carbocycles. The molecule has 0 fully saturated rings. The van der Waals surface area contributed by atoms with Crippen LogP contribution in [0.25, 0.3) is 0 Å². The quantitative estimate of drug-likeness (QED) is 0.319. The maximum Gasteiger partial charge on any atom is 0.161 e. The number of halogens is 2. The van der Waals surface area contributed by atoms with Gasteiger partial charge in [0.1, 0.15) is 5.82 Å². The average Bonchev–Trinajstić information content (AvgIpc) is 2.89. The highest BCUT2D eigenvalue weighted by Gasteiger charge is 2.41. The normalized spacial score (nSPS) is 17.5. The van der Waals surface area contributed by atoms with Crippen molar-refractivity contribution < 1.29 is 4.79 Å². The van der Waals surface area contributed by atoms with Gasteiger partial charge in [-0.25, -0.2) is 0 Å². The highest BCUT2D eigenvalue weighted by atomic mass is 35.5. The Bertz CT molecular complexity index is 1540. The molecule has 3 aromatic rings. The molecule has 0 radical (unpaired) electrons. The van der Waals surface area contributed by atoms with Crippen LogP contribution in [-0.2, 0) is 10.5 Å². The van der Waals surface area contributed by atoms with Gasteiger partial charge in [0.05, 0.1) is 17.6 Å². The summed E-state index contributed by atoms with van der Waals surface area (Å²) in [5.74, 6) is 0.673. The summed E-state index contributed by atoms with van der Waals surface area (Å²) >= 11 is 14.1. The van der Waals surface area contributed by atoms with Crippen LogP contribution in [0.15, 0.2) is 88.2 Å². The number of anilines is 1. The van der Waals surface area contributed by atoms with Crippen LogP contribution in [0.1, 0.15) is 47.4 Å². The van der Waals surface area contributed by atoms with Crippen LogP contribution in [0.3, 0.4) is 0 Å². The van der Waals surface area contributed by atoms with Crippen molar-refractivity contribution in [2.75, 3.05) is 4.90 Å². The van der Waals surface area contributed by atoms with E-state index in [0.29, 0.717) is 39.9 Å². The van der Waals surface area contributed by atoms with Gasteiger partial charge in [0.25, 0.3) is 0 Å². The van der Waals surface area contributed by atoms with Gasteiger partial charge in [-0.15, -0.1) is 11.8 Å². The van der Waals surface area contributed by atoms with E-state index in [4.69, 9.17) is 28.9 Å². The summed E-state index contributed by atoms with van der Waals surface area (Å²) in [5, 5.41) is 11.7. The van der Waals surface area contributed by atoms with Crippen molar-refractivity contribution in [2.45, 2.75) is 49.7 Å². The summed E-state index contributed by atoms with van der Waals surface area (Å²) in [7, 11) is 0. The summed E-state index contributed by atoms with van der Waals surface area (Å²) < 4.78 is 0. The number of hydrogen-bond donors (Lipinski definition) is 1. The smallest absolute Gasteiger partial charge is 0.161 e. The Labute approximate surface area is 237 Å². The molecule has 1 unspecified atom stereocenters. The number of allylic oxidation sites excluding steroid dienone is 3. The van der Waals surface area contributed by atoms with E-state index in [1.165, 1.54) is 5.56 Å². The van der Waals surface area contributed by atoms with E-state index in [2.05, 4.69) is 25.1 Å². The topological polar surface area (TPSA) is 70.1 Å². The molecule has 0 amide bonds. The summed E-state index contributed by atoms with van der Waals surface area (Å²) in [6.45, 7) is 4.14. The molecule has 1 aliphatic heterocycles. The first-order valence-electron chi connectivity index (χ1n) is 12.5. The molecule has 192 valence electrons. The van der Waals surface area contributed by atoms with Gasteiger partial charge in [0.2, 0.25) is 0 Å². The number of Topliss-reactive ketones (excluding diaryl/α,β-unsaturated/α-hetero) is 1. The SMILES string of the molecule is Cc1cc(C)c(C2C(C#N)=C(N)N(c3cccc(Cl)c3)C3=C2C(=O)CCC3)cc1CSc1ccc(Cl)cc1. The van der Waals surface area contributed by atoms with Gasteiger partial charge in [-0.2, -0.15) is 5.26 Å². The lowest BCUT2D eigenvalue weighted by Gasteiger charge is -2.40. The van der Waals surface area contributed by atoms with Gasteiger partial charge in [-0.3, -0.25) is 9.69 Å². The summed E-state index contributed by atoms with van der Waals surface area (Å²) in [4.78, 5) is 16.5. The van der Waals surface area contributed by atoms with Gasteiger partial charge in [0.15, 0.2) is 5.78 Å². The molecule has 1 atom stereocenters. The molecule has 7 heteroatoms. The Hall–Kier alpha value is -3.17. The molecule has 0 spiro atoms. The largest absolute Gasteiger partial charge is 0.384 e. The number of carbonyl (C=O) groups excluding carboxylic acids is 1. The predicted octanol–water partition coefficient (Wildman–Crippen LogP) is 8.21. The molecule has 4 nitrogen and oxygen atoms in total. The fourth-order valence-corrected chi connectivity index (χ4v) is 6.65. The van der Waals surface area contributed by atoms with Gasteiger partial charge < -0.3 is 5.73 Å². The first-order valence-corrected chi connectivity index (χ1v) is 14.2. The van der Waals surface area contributed by atoms with Gasteiger partial charge in [0, 0.05) is 44.1 Å². The minimum atomic E-state index is -0.502. The first kappa shape index (κ1) is 26.4. The zero-order valence-corrected chi connectivity index (χ0v) is 23.6. The number of rotatable bonds is 5. The maximum atomic E-state index is 13.5. The number of nitrogens with two attached hydrogens (primary N) is 1. The Morgan fingerprint density at radius 2 is 1.79 bits per heavy atom. The minimum Gasteiger partial charge on any atom is -0.384 e. The lowest BCUT2D eigenvalue weighted by atomic mass is 9.74. The number of hydrogen-bond acceptors (Lipinski definition) is 5. The number of thioether (sulfide) groups is 1. The number of ketones is 1. The third kappa shape index (κ3) is 4.97. The number of aryl methyl sites for hydroxylation is 2. The fraction of sp³-hybridized carbons (Fsp3) is 0.226. The molecule has 1 heterocycles. The zero-order valence-electron chi connectivity index (χ0n) is 21.2. The summed E-state index contributed by atoms with van der Waals surface area (Å²) in [6, 6.07) is 21.8. The van der Waals surface area contributed by atoms with E-state index in [9.17, 15) is 10.1 Å². The molecule has 2 aliphatic rings. The van der Waals surface area contributed by atoms with E-state index < -0.39 is 5.92 Å². The predicted molar refractivity (Wildman–Crippen MR) is 156 cm³/mol. The third-order valence-corrected chi connectivity index (χ3v) is 8.77. The molecule has 0 saturated heterocycles. The number of nitriles is 1. The molecule has 0 aromatic heterocycles. The fourth-order valence-electron chi connectivity index (χ4n) is 5.38. The number of carbonyl (C=O) groups is 1. The highest BCUT2D eigenvalue weighted by Crippen LogP contribution is 2.47. The molecule has 0 saturated carbocycles. The van der Waals surface area contributed by atoms with Crippen molar-refractivity contribution >= 4 is 46.4 Å². The van der Waals surface area contributed by atoms with Crippen LogP contribution in [0.2, 0.25) is 10.0 Å². The van der Waals surface area contributed by atoms with E-state index in [0.717, 1.165) is 45.1 Å². The minimum absolute atomic E-state index is 0.0700. The molecule has 2 N–H and O–H groups in total. The Balaban J connectivity index is 1.62. The third-order valence-electron chi connectivity index (χ3n) is 7.22. The zero-order chi connectivity index (χ0) is 27.0. The first-order chi connectivity index (χ1) is 18.3. The van der Waals surface area contributed by atoms with E-state index in [1.54, 1.807) is 17.8 Å². The lowest BCUT2D eigenvalue weighted by molar-refractivity contribution is -0.116. The molecule has 38 heavy (non-hydrogen) atoms. The monoisotopic (exact) mass is 559 g/mol. The Kier molecular flexibility index (Phi) is 7.59. The van der Waals surface area contributed by atoms with Crippen LogP contribution < -0.4 is 10.6 Å². The number of benzene rings is 3. The van der Waals surface area contributed by atoms with E-state index in [-0.39, 0.29) is 5.78 Å². The van der Waals surface area contributed by atoms with Crippen LogP contribution in [0.5, 0.6) is 0 Å². The second kappa shape index (κ2) is 10.9. The molecule has 5 rings (SSSR count). The average molecular weight is 561 g/mol. The molecular formula is C31H27Cl2N3OS. The summed E-state index contributed by atoms with van der Waals surface area (Å²) in [6.07, 6.45) is 1.90. The second-order valence-electron chi connectivity index (χ2n) is 9.67. The van der Waals surface area contributed by atoms with E-state index >= 15 is 0 Å². The maximum absolute atomic E-state index is 13.5. The van der Waals surface area contributed by atoms with Crippen molar-refractivity contribution in [1.82, 2.24) is 0 Å². The number of nitrogens with zero attached hydrogens (tertiary/aromatic N) is 2.